The minimum atomic E-state index is 0.148. The minimum absolute atomic E-state index is 0.148. The zero-order chi connectivity index (χ0) is 10.7. The molecule has 2 unspecified atom stereocenters. The van der Waals surface area contributed by atoms with Gasteiger partial charge in [0, 0.05) is 31.6 Å². The number of rotatable bonds is 3. The van der Waals surface area contributed by atoms with Gasteiger partial charge >= 0.3 is 0 Å². The fourth-order valence-corrected chi connectivity index (χ4v) is 1.77. The third-order valence-corrected chi connectivity index (χ3v) is 2.91. The van der Waals surface area contributed by atoms with Crippen LogP contribution in [0.5, 0.6) is 0 Å². The molecule has 4 nitrogen and oxygen atoms in total. The number of hydrogen-bond acceptors (Lipinski definition) is 3. The lowest BCUT2D eigenvalue weighted by Crippen LogP contribution is -2.54. The fraction of sp³-hybridized carbons (Fsp3) is 0.900. The summed E-state index contributed by atoms with van der Waals surface area (Å²) in [5.74, 6) is 0.251. The number of piperidine rings is 1. The van der Waals surface area contributed by atoms with Crippen LogP contribution < -0.4 is 5.73 Å². The molecule has 1 amide bonds. The molecule has 0 radical (unpaired) electrons. The first-order chi connectivity index (χ1) is 6.52. The van der Waals surface area contributed by atoms with E-state index in [1.165, 1.54) is 0 Å². The number of carbonyl (C=O) groups excluding carboxylic acids is 1. The summed E-state index contributed by atoms with van der Waals surface area (Å²) in [6.07, 6.45) is 1.44. The number of likely N-dealkylation sites (N-methyl/N-ethyl adjacent to an activating group) is 1. The van der Waals surface area contributed by atoms with Crippen LogP contribution in [-0.4, -0.2) is 55.0 Å². The monoisotopic (exact) mass is 199 g/mol. The molecule has 14 heavy (non-hydrogen) atoms. The molecule has 2 atom stereocenters. The maximum absolute atomic E-state index is 11.6. The summed E-state index contributed by atoms with van der Waals surface area (Å²) >= 11 is 0. The lowest BCUT2D eigenvalue weighted by atomic mass is 9.98. The number of nitrogens with two attached hydrogens (primary N) is 1. The van der Waals surface area contributed by atoms with Gasteiger partial charge in [-0.25, -0.2) is 0 Å². The van der Waals surface area contributed by atoms with Gasteiger partial charge in [-0.1, -0.05) is 0 Å². The quantitative estimate of drug-likeness (QED) is 0.690. The Labute approximate surface area is 86.0 Å². The van der Waals surface area contributed by atoms with Crippen LogP contribution in [0.25, 0.3) is 0 Å². The largest absolute Gasteiger partial charge is 0.337 e. The van der Waals surface area contributed by atoms with E-state index in [9.17, 15) is 4.79 Å². The van der Waals surface area contributed by atoms with Crippen LogP contribution in [0.15, 0.2) is 0 Å². The van der Waals surface area contributed by atoms with E-state index in [4.69, 9.17) is 5.73 Å². The predicted octanol–water partition coefficient (Wildman–Crippen LogP) is -0.114. The number of nitrogens with zero attached hydrogens (tertiary/aromatic N) is 2. The first-order valence-corrected chi connectivity index (χ1v) is 5.22. The summed E-state index contributed by atoms with van der Waals surface area (Å²) < 4.78 is 0. The highest BCUT2D eigenvalue weighted by Crippen LogP contribution is 2.16. The molecule has 0 aromatic carbocycles. The Morgan fingerprint density at radius 1 is 1.57 bits per heavy atom. The van der Waals surface area contributed by atoms with Gasteiger partial charge in [-0.05, 0) is 27.4 Å². The van der Waals surface area contributed by atoms with Crippen LogP contribution >= 0.6 is 0 Å². The smallest absolute Gasteiger partial charge is 0.222 e. The van der Waals surface area contributed by atoms with Crippen molar-refractivity contribution in [1.82, 2.24) is 9.80 Å². The Bertz CT molecular complexity index is 206. The molecule has 4 heteroatoms. The minimum Gasteiger partial charge on any atom is -0.337 e. The van der Waals surface area contributed by atoms with Gasteiger partial charge in [-0.2, -0.15) is 0 Å². The summed E-state index contributed by atoms with van der Waals surface area (Å²) in [5.41, 5.74) is 5.93. The van der Waals surface area contributed by atoms with E-state index < -0.39 is 0 Å². The first kappa shape index (κ1) is 11.5. The topological polar surface area (TPSA) is 49.6 Å². The second-order valence-corrected chi connectivity index (χ2v) is 4.33. The summed E-state index contributed by atoms with van der Waals surface area (Å²) in [6.45, 7) is 3.74. The Morgan fingerprint density at radius 2 is 2.21 bits per heavy atom. The van der Waals surface area contributed by atoms with E-state index in [2.05, 4.69) is 4.90 Å². The van der Waals surface area contributed by atoms with Crippen molar-refractivity contribution in [2.24, 2.45) is 5.73 Å². The van der Waals surface area contributed by atoms with Crippen molar-refractivity contribution >= 4 is 5.91 Å². The molecule has 1 saturated heterocycles. The zero-order valence-electron chi connectivity index (χ0n) is 9.36. The SMILES string of the molecule is CC1C(N)CCC(=O)N1CCN(C)C. The van der Waals surface area contributed by atoms with Crippen molar-refractivity contribution in [3.05, 3.63) is 0 Å². The van der Waals surface area contributed by atoms with Gasteiger partial charge in [0.2, 0.25) is 5.91 Å². The Hall–Kier alpha value is -0.610. The van der Waals surface area contributed by atoms with E-state index in [0.717, 1.165) is 19.5 Å². The zero-order valence-corrected chi connectivity index (χ0v) is 9.36. The van der Waals surface area contributed by atoms with Gasteiger partial charge in [-0.15, -0.1) is 0 Å². The van der Waals surface area contributed by atoms with Crippen LogP contribution in [0.4, 0.5) is 0 Å². The standard InChI is InChI=1S/C10H21N3O/c1-8-9(11)4-5-10(14)13(8)7-6-12(2)3/h8-9H,4-7,11H2,1-3H3. The molecule has 1 rings (SSSR count). The maximum Gasteiger partial charge on any atom is 0.222 e. The second kappa shape index (κ2) is 4.75. The number of hydrogen-bond donors (Lipinski definition) is 1. The third-order valence-electron chi connectivity index (χ3n) is 2.91. The average Bonchev–Trinajstić information content (AvgIpc) is 2.11. The maximum atomic E-state index is 11.6. The van der Waals surface area contributed by atoms with Crippen molar-refractivity contribution in [2.45, 2.75) is 31.8 Å². The van der Waals surface area contributed by atoms with Crippen molar-refractivity contribution in [3.63, 3.8) is 0 Å². The number of carbonyl (C=O) groups is 1. The molecule has 1 aliphatic rings. The van der Waals surface area contributed by atoms with Crippen molar-refractivity contribution in [1.29, 1.82) is 0 Å². The molecule has 2 N–H and O–H groups in total. The molecule has 0 bridgehead atoms. The van der Waals surface area contributed by atoms with Crippen molar-refractivity contribution in [3.8, 4) is 0 Å². The second-order valence-electron chi connectivity index (χ2n) is 4.33. The molecule has 0 saturated carbocycles. The highest BCUT2D eigenvalue weighted by atomic mass is 16.2. The first-order valence-electron chi connectivity index (χ1n) is 5.22. The van der Waals surface area contributed by atoms with E-state index in [1.54, 1.807) is 0 Å². The van der Waals surface area contributed by atoms with E-state index in [0.29, 0.717) is 6.42 Å². The number of amides is 1. The summed E-state index contributed by atoms with van der Waals surface area (Å²) in [7, 11) is 4.03. The molecule has 82 valence electrons. The van der Waals surface area contributed by atoms with E-state index >= 15 is 0 Å². The molecule has 0 spiro atoms. The van der Waals surface area contributed by atoms with Crippen LogP contribution in [0, 0.1) is 0 Å². The molecule has 0 aromatic rings. The van der Waals surface area contributed by atoms with Crippen LogP contribution in [-0.2, 0) is 4.79 Å². The highest BCUT2D eigenvalue weighted by Gasteiger charge is 2.29. The van der Waals surface area contributed by atoms with Crippen molar-refractivity contribution < 1.29 is 4.79 Å². The molecule has 1 fully saturated rings. The Morgan fingerprint density at radius 3 is 2.79 bits per heavy atom. The molecule has 0 aromatic heterocycles. The van der Waals surface area contributed by atoms with Gasteiger partial charge in [-0.3, -0.25) is 4.79 Å². The van der Waals surface area contributed by atoms with E-state index in [1.807, 2.05) is 25.9 Å². The van der Waals surface area contributed by atoms with Gasteiger partial charge in [0.1, 0.15) is 0 Å². The van der Waals surface area contributed by atoms with Crippen LogP contribution in [0.3, 0.4) is 0 Å². The Balaban J connectivity index is 2.50. The fourth-order valence-electron chi connectivity index (χ4n) is 1.77. The Kier molecular flexibility index (Phi) is 3.89. The molecular weight excluding hydrogens is 178 g/mol. The van der Waals surface area contributed by atoms with Crippen molar-refractivity contribution in [2.75, 3.05) is 27.2 Å². The normalized spacial score (nSPS) is 28.6. The average molecular weight is 199 g/mol. The van der Waals surface area contributed by atoms with Gasteiger partial charge in [0.25, 0.3) is 0 Å². The van der Waals surface area contributed by atoms with Gasteiger partial charge in [0.15, 0.2) is 0 Å². The molecule has 1 heterocycles. The molecular formula is C10H21N3O. The number of likely N-dealkylation sites (tertiary alicyclic amines) is 1. The summed E-state index contributed by atoms with van der Waals surface area (Å²) in [6, 6.07) is 0.339. The third kappa shape index (κ3) is 2.69. The molecule has 0 aliphatic carbocycles. The summed E-state index contributed by atoms with van der Waals surface area (Å²) in [4.78, 5) is 15.6. The van der Waals surface area contributed by atoms with Crippen LogP contribution in [0.2, 0.25) is 0 Å². The molecule has 1 aliphatic heterocycles. The lowest BCUT2D eigenvalue weighted by molar-refractivity contribution is -0.136. The predicted molar refractivity (Wildman–Crippen MR) is 56.9 cm³/mol. The van der Waals surface area contributed by atoms with Crippen LogP contribution in [0.1, 0.15) is 19.8 Å². The highest BCUT2D eigenvalue weighted by molar-refractivity contribution is 5.77. The van der Waals surface area contributed by atoms with Gasteiger partial charge in [0.05, 0.1) is 0 Å². The summed E-state index contributed by atoms with van der Waals surface area (Å²) in [5, 5.41) is 0. The lowest BCUT2D eigenvalue weighted by Gasteiger charge is -2.38. The van der Waals surface area contributed by atoms with Gasteiger partial charge < -0.3 is 15.5 Å². The van der Waals surface area contributed by atoms with E-state index in [-0.39, 0.29) is 18.0 Å².